The van der Waals surface area contributed by atoms with Gasteiger partial charge in [0.25, 0.3) is 0 Å². The van der Waals surface area contributed by atoms with Crippen molar-refractivity contribution in [1.82, 2.24) is 10.6 Å². The maximum absolute atomic E-state index is 11.7. The van der Waals surface area contributed by atoms with Crippen molar-refractivity contribution >= 4 is 11.8 Å². The van der Waals surface area contributed by atoms with Crippen molar-refractivity contribution < 1.29 is 19.1 Å². The van der Waals surface area contributed by atoms with E-state index < -0.39 is 0 Å². The molecule has 0 saturated carbocycles. The summed E-state index contributed by atoms with van der Waals surface area (Å²) in [7, 11) is 3.17. The van der Waals surface area contributed by atoms with Crippen LogP contribution in [-0.4, -0.2) is 39.1 Å². The van der Waals surface area contributed by atoms with Crippen LogP contribution in [0.15, 0.2) is 18.2 Å². The molecule has 2 amide bonds. The zero-order valence-corrected chi connectivity index (χ0v) is 14.1. The van der Waals surface area contributed by atoms with E-state index in [2.05, 4.69) is 10.6 Å². The molecule has 0 aliphatic carbocycles. The van der Waals surface area contributed by atoms with Gasteiger partial charge in [-0.1, -0.05) is 19.4 Å². The fourth-order valence-corrected chi connectivity index (χ4v) is 2.06. The first-order valence-electron chi connectivity index (χ1n) is 7.85. The third-order valence-corrected chi connectivity index (χ3v) is 3.36. The number of hydrogen-bond acceptors (Lipinski definition) is 4. The van der Waals surface area contributed by atoms with Crippen LogP contribution in [0.2, 0.25) is 0 Å². The van der Waals surface area contributed by atoms with E-state index in [0.717, 1.165) is 18.4 Å². The van der Waals surface area contributed by atoms with Crippen molar-refractivity contribution in [3.63, 3.8) is 0 Å². The third-order valence-electron chi connectivity index (χ3n) is 3.36. The van der Waals surface area contributed by atoms with Gasteiger partial charge in [0.05, 0.1) is 14.2 Å². The fraction of sp³-hybridized carbons (Fsp3) is 0.529. The van der Waals surface area contributed by atoms with Crippen LogP contribution in [0.25, 0.3) is 0 Å². The molecule has 0 fully saturated rings. The maximum atomic E-state index is 11.7. The number of amides is 2. The van der Waals surface area contributed by atoms with Gasteiger partial charge in [-0.3, -0.25) is 9.59 Å². The van der Waals surface area contributed by atoms with E-state index in [1.54, 1.807) is 14.2 Å². The van der Waals surface area contributed by atoms with Gasteiger partial charge in [0.15, 0.2) is 11.5 Å². The van der Waals surface area contributed by atoms with Crippen molar-refractivity contribution in [2.24, 2.45) is 0 Å². The molecular formula is C17H26N2O4. The van der Waals surface area contributed by atoms with Crippen LogP contribution in [0.5, 0.6) is 11.5 Å². The van der Waals surface area contributed by atoms with Crippen LogP contribution in [0.4, 0.5) is 0 Å². The summed E-state index contributed by atoms with van der Waals surface area (Å²) in [4.78, 5) is 23.2. The zero-order valence-electron chi connectivity index (χ0n) is 14.1. The van der Waals surface area contributed by atoms with Crippen molar-refractivity contribution in [1.29, 1.82) is 0 Å². The highest BCUT2D eigenvalue weighted by atomic mass is 16.5. The molecule has 0 atom stereocenters. The molecule has 6 nitrogen and oxygen atoms in total. The number of unbranched alkanes of at least 4 members (excludes halogenated alkanes) is 1. The third kappa shape index (κ3) is 7.04. The highest BCUT2D eigenvalue weighted by molar-refractivity contribution is 5.96. The van der Waals surface area contributed by atoms with Crippen LogP contribution >= 0.6 is 0 Å². The first kappa shape index (κ1) is 18.8. The Morgan fingerprint density at radius 2 is 1.65 bits per heavy atom. The number of rotatable bonds is 10. The number of carbonyl (C=O) groups excluding carboxylic acids is 2. The van der Waals surface area contributed by atoms with E-state index in [1.165, 1.54) is 0 Å². The molecule has 6 heteroatoms. The minimum Gasteiger partial charge on any atom is -0.493 e. The molecule has 0 aromatic heterocycles. The Labute approximate surface area is 137 Å². The summed E-state index contributed by atoms with van der Waals surface area (Å²) in [6.45, 7) is 3.14. The lowest BCUT2D eigenvalue weighted by Gasteiger charge is -2.10. The van der Waals surface area contributed by atoms with Crippen molar-refractivity contribution in [3.05, 3.63) is 23.8 Å². The molecule has 2 N–H and O–H groups in total. The van der Waals surface area contributed by atoms with E-state index in [9.17, 15) is 9.59 Å². The van der Waals surface area contributed by atoms with Gasteiger partial charge in [-0.05, 0) is 30.5 Å². The van der Waals surface area contributed by atoms with Gasteiger partial charge in [0, 0.05) is 13.1 Å². The first-order chi connectivity index (χ1) is 11.1. The van der Waals surface area contributed by atoms with E-state index in [0.29, 0.717) is 31.0 Å². The van der Waals surface area contributed by atoms with Crippen LogP contribution in [0.3, 0.4) is 0 Å². The molecular weight excluding hydrogens is 296 g/mol. The fourth-order valence-electron chi connectivity index (χ4n) is 2.06. The topological polar surface area (TPSA) is 76.7 Å². The summed E-state index contributed by atoms with van der Waals surface area (Å²) in [5, 5.41) is 5.47. The van der Waals surface area contributed by atoms with E-state index in [4.69, 9.17) is 9.47 Å². The Bertz CT molecular complexity index is 517. The van der Waals surface area contributed by atoms with Gasteiger partial charge >= 0.3 is 0 Å². The van der Waals surface area contributed by atoms with Crippen molar-refractivity contribution in [2.45, 2.75) is 32.6 Å². The molecule has 0 heterocycles. The minimum absolute atomic E-state index is 0.129. The summed E-state index contributed by atoms with van der Waals surface area (Å²) in [6.07, 6.45) is 2.46. The largest absolute Gasteiger partial charge is 0.493 e. The number of ether oxygens (including phenoxy) is 2. The van der Waals surface area contributed by atoms with E-state index in [-0.39, 0.29) is 18.2 Å². The summed E-state index contributed by atoms with van der Waals surface area (Å²) in [5.74, 6) is 0.831. The maximum Gasteiger partial charge on any atom is 0.229 e. The van der Waals surface area contributed by atoms with Crippen LogP contribution in [-0.2, 0) is 16.0 Å². The lowest BCUT2D eigenvalue weighted by molar-refractivity contribution is -0.129. The van der Waals surface area contributed by atoms with Crippen LogP contribution in [0.1, 0.15) is 31.7 Å². The summed E-state index contributed by atoms with van der Waals surface area (Å²) >= 11 is 0. The highest BCUT2D eigenvalue weighted by Gasteiger charge is 2.09. The molecule has 0 aliphatic rings. The van der Waals surface area contributed by atoms with Gasteiger partial charge in [-0.25, -0.2) is 0 Å². The molecule has 0 unspecified atom stereocenters. The molecule has 0 spiro atoms. The second kappa shape index (κ2) is 10.5. The van der Waals surface area contributed by atoms with Gasteiger partial charge in [-0.2, -0.15) is 0 Å². The Kier molecular flexibility index (Phi) is 8.57. The van der Waals surface area contributed by atoms with Crippen molar-refractivity contribution in [3.8, 4) is 11.5 Å². The van der Waals surface area contributed by atoms with Crippen LogP contribution in [0, 0.1) is 0 Å². The standard InChI is InChI=1S/C17H26N2O4/c1-4-5-9-18-16(20)12-17(21)19-10-8-13-6-7-14(22-2)15(11-13)23-3/h6-7,11H,4-5,8-10,12H2,1-3H3,(H,18,20)(H,19,21). The Hall–Kier alpha value is -2.24. The number of methoxy groups -OCH3 is 2. The van der Waals surface area contributed by atoms with Gasteiger partial charge in [-0.15, -0.1) is 0 Å². The lowest BCUT2D eigenvalue weighted by Crippen LogP contribution is -2.33. The molecule has 128 valence electrons. The second-order valence-electron chi connectivity index (χ2n) is 5.17. The van der Waals surface area contributed by atoms with Crippen molar-refractivity contribution in [2.75, 3.05) is 27.3 Å². The smallest absolute Gasteiger partial charge is 0.229 e. The molecule has 0 radical (unpaired) electrons. The highest BCUT2D eigenvalue weighted by Crippen LogP contribution is 2.27. The summed E-state index contributed by atoms with van der Waals surface area (Å²) in [5.41, 5.74) is 1.02. The van der Waals surface area contributed by atoms with Gasteiger partial charge in [0.1, 0.15) is 6.42 Å². The Morgan fingerprint density at radius 1 is 1.00 bits per heavy atom. The number of hydrogen-bond donors (Lipinski definition) is 2. The SMILES string of the molecule is CCCCNC(=O)CC(=O)NCCc1ccc(OC)c(OC)c1. The molecule has 0 bridgehead atoms. The monoisotopic (exact) mass is 322 g/mol. The number of nitrogens with one attached hydrogen (secondary N) is 2. The minimum atomic E-state index is -0.264. The average Bonchev–Trinajstić information content (AvgIpc) is 2.54. The predicted molar refractivity (Wildman–Crippen MR) is 88.8 cm³/mol. The molecule has 23 heavy (non-hydrogen) atoms. The number of benzene rings is 1. The van der Waals surface area contributed by atoms with E-state index in [1.807, 2.05) is 25.1 Å². The quantitative estimate of drug-likeness (QED) is 0.507. The summed E-state index contributed by atoms with van der Waals surface area (Å²) in [6, 6.07) is 5.63. The molecule has 1 aromatic rings. The Morgan fingerprint density at radius 3 is 2.26 bits per heavy atom. The normalized spacial score (nSPS) is 10.0. The van der Waals surface area contributed by atoms with Crippen LogP contribution < -0.4 is 20.1 Å². The molecule has 1 rings (SSSR count). The molecule has 1 aromatic carbocycles. The molecule has 0 saturated heterocycles. The number of carbonyl (C=O) groups is 2. The van der Waals surface area contributed by atoms with Gasteiger partial charge < -0.3 is 20.1 Å². The van der Waals surface area contributed by atoms with Gasteiger partial charge in [0.2, 0.25) is 11.8 Å². The summed E-state index contributed by atoms with van der Waals surface area (Å²) < 4.78 is 10.4. The Balaban J connectivity index is 2.33. The first-order valence-corrected chi connectivity index (χ1v) is 7.85. The second-order valence-corrected chi connectivity index (χ2v) is 5.17. The lowest BCUT2D eigenvalue weighted by atomic mass is 10.1. The predicted octanol–water partition coefficient (Wildman–Crippen LogP) is 1.67. The zero-order chi connectivity index (χ0) is 17.1. The molecule has 0 aliphatic heterocycles. The van der Waals surface area contributed by atoms with E-state index >= 15 is 0 Å². The average molecular weight is 322 g/mol.